The van der Waals surface area contributed by atoms with Crippen LogP contribution in [-0.2, 0) is 11.3 Å². The second-order valence-electron chi connectivity index (χ2n) is 4.81. The zero-order valence-electron chi connectivity index (χ0n) is 11.3. The van der Waals surface area contributed by atoms with E-state index in [0.29, 0.717) is 30.2 Å². The van der Waals surface area contributed by atoms with Crippen molar-refractivity contribution in [3.63, 3.8) is 0 Å². The highest BCUT2D eigenvalue weighted by molar-refractivity contribution is 5.37. The number of hydrogen-bond donors (Lipinski definition) is 2. The summed E-state index contributed by atoms with van der Waals surface area (Å²) in [4.78, 5) is 11.7. The summed E-state index contributed by atoms with van der Waals surface area (Å²) in [5, 5.41) is 3.15. The number of nitrogens with zero attached hydrogens (tertiary/aromatic N) is 1. The zero-order valence-corrected chi connectivity index (χ0v) is 11.3. The van der Waals surface area contributed by atoms with Gasteiger partial charge in [0.2, 0.25) is 0 Å². The summed E-state index contributed by atoms with van der Waals surface area (Å²) in [5.41, 5.74) is 6.29. The molecule has 0 bridgehead atoms. The molecule has 1 saturated heterocycles. The minimum Gasteiger partial charge on any atom is -0.411 e. The maximum absolute atomic E-state index is 14.3. The van der Waals surface area contributed by atoms with Crippen LogP contribution in [-0.4, -0.2) is 24.3 Å². The molecule has 0 unspecified atom stereocenters. The van der Waals surface area contributed by atoms with Crippen molar-refractivity contribution in [2.45, 2.75) is 12.6 Å². The minimum atomic E-state index is -0.585. The first kappa shape index (κ1) is 14.0. The first-order valence-electron chi connectivity index (χ1n) is 6.72. The van der Waals surface area contributed by atoms with E-state index in [-0.39, 0.29) is 12.6 Å². The first-order chi connectivity index (χ1) is 10.2. The first-order valence-corrected chi connectivity index (χ1v) is 6.72. The molecular weight excluding hydrogens is 277 g/mol. The van der Waals surface area contributed by atoms with E-state index in [2.05, 4.69) is 5.32 Å². The predicted octanol–water partition coefficient (Wildman–Crippen LogP) is 0.689. The van der Waals surface area contributed by atoms with Gasteiger partial charge >= 0.3 is 5.76 Å². The second kappa shape index (κ2) is 5.80. The average molecular weight is 293 g/mol. The summed E-state index contributed by atoms with van der Waals surface area (Å²) in [7, 11) is 0. The van der Waals surface area contributed by atoms with E-state index in [4.69, 9.17) is 14.9 Å². The normalized spacial score (nSPS) is 18.9. The summed E-state index contributed by atoms with van der Waals surface area (Å²) in [5.74, 6) is -0.647. The van der Waals surface area contributed by atoms with Crippen molar-refractivity contribution in [2.75, 3.05) is 19.7 Å². The van der Waals surface area contributed by atoms with Crippen LogP contribution in [0.2, 0.25) is 0 Å². The molecular formula is C14H16FN3O3. The van der Waals surface area contributed by atoms with Crippen molar-refractivity contribution in [1.82, 2.24) is 9.88 Å². The Labute approximate surface area is 120 Å². The van der Waals surface area contributed by atoms with E-state index >= 15 is 0 Å². The molecule has 1 aromatic carbocycles. The highest BCUT2D eigenvalue weighted by Crippen LogP contribution is 2.23. The Morgan fingerprint density at radius 2 is 2.33 bits per heavy atom. The van der Waals surface area contributed by atoms with Crippen molar-refractivity contribution in [3.05, 3.63) is 52.1 Å². The van der Waals surface area contributed by atoms with Crippen molar-refractivity contribution in [2.24, 2.45) is 5.73 Å². The number of benzene rings is 1. The lowest BCUT2D eigenvalue weighted by Gasteiger charge is -2.24. The monoisotopic (exact) mass is 293 g/mol. The molecule has 1 aromatic heterocycles. The highest BCUT2D eigenvalue weighted by Gasteiger charge is 2.20. The van der Waals surface area contributed by atoms with E-state index in [9.17, 15) is 9.18 Å². The van der Waals surface area contributed by atoms with Gasteiger partial charge in [0.1, 0.15) is 11.6 Å². The SMILES string of the molecule is NCc1cn(-c2ccc([C@H]3CNCCO3)c(F)c2)c(=O)o1. The number of hydrogen-bond acceptors (Lipinski definition) is 5. The largest absolute Gasteiger partial charge is 0.423 e. The second-order valence-corrected chi connectivity index (χ2v) is 4.81. The summed E-state index contributed by atoms with van der Waals surface area (Å²) in [6, 6.07) is 4.59. The summed E-state index contributed by atoms with van der Waals surface area (Å²) in [6.45, 7) is 2.00. The summed E-state index contributed by atoms with van der Waals surface area (Å²) >= 11 is 0. The van der Waals surface area contributed by atoms with Crippen LogP contribution >= 0.6 is 0 Å². The molecule has 2 aromatic rings. The quantitative estimate of drug-likeness (QED) is 0.870. The Morgan fingerprint density at radius 3 is 2.95 bits per heavy atom. The van der Waals surface area contributed by atoms with Gasteiger partial charge in [0.25, 0.3) is 0 Å². The fraction of sp³-hybridized carbons (Fsp3) is 0.357. The Morgan fingerprint density at radius 1 is 1.48 bits per heavy atom. The molecule has 0 aliphatic carbocycles. The number of aromatic nitrogens is 1. The molecule has 0 radical (unpaired) electrons. The highest BCUT2D eigenvalue weighted by atomic mass is 19.1. The zero-order chi connectivity index (χ0) is 14.8. The maximum Gasteiger partial charge on any atom is 0.423 e. The standard InChI is InChI=1S/C14H16FN3O3/c15-12-5-9(18-8-10(6-16)21-14(18)19)1-2-11(12)13-7-17-3-4-20-13/h1-2,5,8,13,17H,3-4,6-7,16H2/t13-/m1/s1. The number of oxazole rings is 1. The predicted molar refractivity (Wildman–Crippen MR) is 73.7 cm³/mol. The van der Waals surface area contributed by atoms with Crippen molar-refractivity contribution >= 4 is 0 Å². The average Bonchev–Trinajstić information content (AvgIpc) is 2.89. The Bertz CT molecular complexity index is 689. The number of halogens is 1. The molecule has 1 atom stereocenters. The molecule has 21 heavy (non-hydrogen) atoms. The van der Waals surface area contributed by atoms with Gasteiger partial charge in [-0.15, -0.1) is 0 Å². The van der Waals surface area contributed by atoms with Gasteiger partial charge in [0.15, 0.2) is 0 Å². The molecule has 3 rings (SSSR count). The van der Waals surface area contributed by atoms with E-state index in [1.807, 2.05) is 0 Å². The molecule has 1 aliphatic rings. The van der Waals surface area contributed by atoms with Crippen LogP contribution in [0.15, 0.2) is 33.6 Å². The van der Waals surface area contributed by atoms with Gasteiger partial charge in [0, 0.05) is 18.7 Å². The van der Waals surface area contributed by atoms with Gasteiger partial charge in [-0.1, -0.05) is 6.07 Å². The van der Waals surface area contributed by atoms with Gasteiger partial charge in [0.05, 0.1) is 31.1 Å². The topological polar surface area (TPSA) is 82.4 Å². The van der Waals surface area contributed by atoms with Gasteiger partial charge in [-0.2, -0.15) is 0 Å². The van der Waals surface area contributed by atoms with Gasteiger partial charge in [-0.05, 0) is 12.1 Å². The summed E-state index contributed by atoms with van der Waals surface area (Å²) < 4.78 is 26.0. The fourth-order valence-corrected chi connectivity index (χ4v) is 2.35. The van der Waals surface area contributed by atoms with Crippen LogP contribution in [0.5, 0.6) is 0 Å². The Hall–Kier alpha value is -1.96. The van der Waals surface area contributed by atoms with Crippen molar-refractivity contribution in [1.29, 1.82) is 0 Å². The fourth-order valence-electron chi connectivity index (χ4n) is 2.35. The van der Waals surface area contributed by atoms with Crippen molar-refractivity contribution < 1.29 is 13.5 Å². The third-order valence-corrected chi connectivity index (χ3v) is 3.43. The van der Waals surface area contributed by atoms with Gasteiger partial charge in [-0.25, -0.2) is 13.8 Å². The number of ether oxygens (including phenoxy) is 1. The molecule has 3 N–H and O–H groups in total. The molecule has 112 valence electrons. The lowest BCUT2D eigenvalue weighted by molar-refractivity contribution is 0.0255. The number of morpholine rings is 1. The summed E-state index contributed by atoms with van der Waals surface area (Å²) in [6.07, 6.45) is 1.16. The molecule has 0 saturated carbocycles. The van der Waals surface area contributed by atoms with Crippen LogP contribution < -0.4 is 16.8 Å². The maximum atomic E-state index is 14.3. The molecule has 1 aliphatic heterocycles. The molecule has 0 amide bonds. The third-order valence-electron chi connectivity index (χ3n) is 3.43. The number of rotatable bonds is 3. The van der Waals surface area contributed by atoms with Crippen LogP contribution in [0, 0.1) is 5.82 Å². The lowest BCUT2D eigenvalue weighted by Crippen LogP contribution is -2.33. The van der Waals surface area contributed by atoms with Gasteiger partial charge in [-0.3, -0.25) is 0 Å². The molecule has 2 heterocycles. The third kappa shape index (κ3) is 2.76. The van der Waals surface area contributed by atoms with E-state index < -0.39 is 11.6 Å². The van der Waals surface area contributed by atoms with E-state index in [1.165, 1.54) is 16.8 Å². The smallest absolute Gasteiger partial charge is 0.411 e. The minimum absolute atomic E-state index is 0.115. The van der Waals surface area contributed by atoms with E-state index in [0.717, 1.165) is 6.54 Å². The van der Waals surface area contributed by atoms with Crippen LogP contribution in [0.3, 0.4) is 0 Å². The molecule has 6 nitrogen and oxygen atoms in total. The van der Waals surface area contributed by atoms with Crippen LogP contribution in [0.1, 0.15) is 17.4 Å². The molecule has 0 spiro atoms. The van der Waals surface area contributed by atoms with Crippen LogP contribution in [0.25, 0.3) is 5.69 Å². The Kier molecular flexibility index (Phi) is 3.87. The van der Waals surface area contributed by atoms with Gasteiger partial charge < -0.3 is 20.2 Å². The number of nitrogens with one attached hydrogen (secondary N) is 1. The van der Waals surface area contributed by atoms with Crippen molar-refractivity contribution in [3.8, 4) is 5.69 Å². The Balaban J connectivity index is 1.93. The van der Waals surface area contributed by atoms with E-state index in [1.54, 1.807) is 12.1 Å². The number of nitrogens with two attached hydrogens (primary N) is 1. The molecule has 1 fully saturated rings. The van der Waals surface area contributed by atoms with Crippen LogP contribution in [0.4, 0.5) is 4.39 Å². The molecule has 7 heteroatoms. The lowest BCUT2D eigenvalue weighted by atomic mass is 10.1.